The molecule has 2 aliphatic rings. The lowest BCUT2D eigenvalue weighted by atomic mass is 10.1. The Labute approximate surface area is 206 Å². The van der Waals surface area contributed by atoms with Gasteiger partial charge < -0.3 is 19.7 Å². The van der Waals surface area contributed by atoms with Crippen LogP contribution in [0.5, 0.6) is 5.75 Å². The molecule has 0 amide bonds. The standard InChI is InChI=1S/C18H21N3O2.2C2HF3O2/c1-3-14(11-19-7-1)13-21-9-10-22-18-16(21)5-6-17(18)23-15-4-2-8-20-12-15;2*3-2(4,5)1(6)7/h1-4,7-8,11-12,16-18H,5-6,9-10,13H2;2*(H,6,7)/t16-,17+,18+;;/m0../s1. The van der Waals surface area contributed by atoms with Gasteiger partial charge in [-0.05, 0) is 36.6 Å². The molecule has 3 atom stereocenters. The van der Waals surface area contributed by atoms with Crippen molar-refractivity contribution in [1.29, 1.82) is 0 Å². The lowest BCUT2D eigenvalue weighted by Crippen LogP contribution is -2.51. The van der Waals surface area contributed by atoms with Gasteiger partial charge in [0.1, 0.15) is 18.0 Å². The zero-order valence-electron chi connectivity index (χ0n) is 19.0. The van der Waals surface area contributed by atoms with Crippen LogP contribution in [0.1, 0.15) is 18.4 Å². The van der Waals surface area contributed by atoms with Crippen LogP contribution < -0.4 is 4.74 Å². The third kappa shape index (κ3) is 9.84. The number of carboxylic acids is 2. The van der Waals surface area contributed by atoms with E-state index in [-0.39, 0.29) is 12.2 Å². The van der Waals surface area contributed by atoms with Crippen LogP contribution >= 0.6 is 0 Å². The third-order valence-electron chi connectivity index (χ3n) is 5.17. The maximum atomic E-state index is 10.6. The number of ether oxygens (including phenoxy) is 2. The van der Waals surface area contributed by atoms with Crippen molar-refractivity contribution in [2.24, 2.45) is 0 Å². The number of nitrogens with zero attached hydrogens (tertiary/aromatic N) is 3. The Morgan fingerprint density at radius 1 is 0.973 bits per heavy atom. The fourth-order valence-electron chi connectivity index (χ4n) is 3.63. The fraction of sp³-hybridized carbons (Fsp3) is 0.455. The number of alkyl halides is 6. The smallest absolute Gasteiger partial charge is 0.486 e. The molecule has 1 saturated heterocycles. The molecule has 2 fully saturated rings. The van der Waals surface area contributed by atoms with E-state index in [0.717, 1.165) is 38.3 Å². The highest BCUT2D eigenvalue weighted by molar-refractivity contribution is 5.73. The minimum Gasteiger partial charge on any atom is -0.486 e. The summed E-state index contributed by atoms with van der Waals surface area (Å²) in [5, 5.41) is 14.2. The summed E-state index contributed by atoms with van der Waals surface area (Å²) in [6.45, 7) is 2.65. The van der Waals surface area contributed by atoms with Gasteiger partial charge in [-0.2, -0.15) is 26.3 Å². The van der Waals surface area contributed by atoms with E-state index in [1.165, 1.54) is 5.56 Å². The van der Waals surface area contributed by atoms with Crippen LogP contribution in [-0.2, 0) is 20.9 Å². The van der Waals surface area contributed by atoms with Crippen LogP contribution in [-0.4, -0.2) is 80.8 Å². The van der Waals surface area contributed by atoms with Gasteiger partial charge in [0.25, 0.3) is 0 Å². The van der Waals surface area contributed by atoms with Crippen LogP contribution in [0, 0.1) is 0 Å². The van der Waals surface area contributed by atoms with Crippen LogP contribution in [0.3, 0.4) is 0 Å². The Hall–Kier alpha value is -3.46. The van der Waals surface area contributed by atoms with E-state index in [2.05, 4.69) is 20.9 Å². The highest BCUT2D eigenvalue weighted by Crippen LogP contribution is 2.33. The molecule has 0 radical (unpaired) electrons. The second-order valence-corrected chi connectivity index (χ2v) is 7.76. The van der Waals surface area contributed by atoms with E-state index in [0.29, 0.717) is 6.04 Å². The van der Waals surface area contributed by atoms with Gasteiger partial charge in [-0.3, -0.25) is 14.9 Å². The Balaban J connectivity index is 0.000000286. The van der Waals surface area contributed by atoms with Crippen molar-refractivity contribution in [2.75, 3.05) is 13.2 Å². The van der Waals surface area contributed by atoms with E-state index in [9.17, 15) is 26.3 Å². The predicted octanol–water partition coefficient (Wildman–Crippen LogP) is 3.55. The number of hydrogen-bond donors (Lipinski definition) is 2. The maximum Gasteiger partial charge on any atom is 0.490 e. The van der Waals surface area contributed by atoms with Gasteiger partial charge in [-0.1, -0.05) is 6.07 Å². The number of hydrogen-bond acceptors (Lipinski definition) is 7. The zero-order chi connectivity index (χ0) is 27.6. The summed E-state index contributed by atoms with van der Waals surface area (Å²) in [6.07, 6.45) is -0.492. The van der Waals surface area contributed by atoms with Crippen molar-refractivity contribution in [3.05, 3.63) is 54.6 Å². The third-order valence-corrected chi connectivity index (χ3v) is 5.17. The summed E-state index contributed by atoms with van der Waals surface area (Å²) < 4.78 is 75.6. The molecule has 0 spiro atoms. The Morgan fingerprint density at radius 3 is 2.03 bits per heavy atom. The molecule has 1 saturated carbocycles. The quantitative estimate of drug-likeness (QED) is 0.562. The Bertz CT molecular complexity index is 970. The van der Waals surface area contributed by atoms with Gasteiger partial charge in [0.05, 0.1) is 12.8 Å². The molecular formula is C22H23F6N3O6. The molecular weight excluding hydrogens is 516 g/mol. The van der Waals surface area contributed by atoms with Crippen molar-refractivity contribution < 1.29 is 55.6 Å². The van der Waals surface area contributed by atoms with Crippen LogP contribution in [0.4, 0.5) is 26.3 Å². The number of fused-ring (bicyclic) bond motifs is 1. The molecule has 2 aromatic heterocycles. The molecule has 4 rings (SSSR count). The summed E-state index contributed by atoms with van der Waals surface area (Å²) in [5.41, 5.74) is 1.25. The molecule has 1 aliphatic heterocycles. The fourth-order valence-corrected chi connectivity index (χ4v) is 3.63. The van der Waals surface area contributed by atoms with E-state index >= 15 is 0 Å². The Kier molecular flexibility index (Phi) is 10.6. The number of halogens is 6. The highest BCUT2D eigenvalue weighted by atomic mass is 19.4. The number of pyridine rings is 2. The molecule has 0 unspecified atom stereocenters. The number of rotatable bonds is 4. The summed E-state index contributed by atoms with van der Waals surface area (Å²) in [4.78, 5) is 28.6. The second kappa shape index (κ2) is 13.2. The van der Waals surface area contributed by atoms with Crippen LogP contribution in [0.2, 0.25) is 0 Å². The van der Waals surface area contributed by atoms with E-state index in [1.54, 1.807) is 12.4 Å². The summed E-state index contributed by atoms with van der Waals surface area (Å²) in [5.74, 6) is -4.69. The number of aliphatic carboxylic acids is 2. The summed E-state index contributed by atoms with van der Waals surface area (Å²) in [7, 11) is 0. The van der Waals surface area contributed by atoms with Crippen molar-refractivity contribution in [1.82, 2.24) is 14.9 Å². The molecule has 204 valence electrons. The number of carbonyl (C=O) groups is 2. The van der Waals surface area contributed by atoms with Gasteiger partial charge in [-0.25, -0.2) is 9.59 Å². The van der Waals surface area contributed by atoms with Crippen LogP contribution in [0.15, 0.2) is 49.1 Å². The molecule has 1 aliphatic carbocycles. The molecule has 9 nitrogen and oxygen atoms in total. The molecule has 0 aromatic carbocycles. The van der Waals surface area contributed by atoms with Gasteiger partial charge in [-0.15, -0.1) is 0 Å². The average molecular weight is 539 g/mol. The molecule has 0 bridgehead atoms. The van der Waals surface area contributed by atoms with Gasteiger partial charge in [0.15, 0.2) is 0 Å². The molecule has 2 aromatic rings. The first-order chi connectivity index (χ1) is 17.3. The SMILES string of the molecule is O=C(O)C(F)(F)F.O=C(O)C(F)(F)F.c1cncc(CN2CCO[C@H]3[C@H](Oc4cccnc4)CC[C@@H]32)c1. The van der Waals surface area contributed by atoms with Crippen molar-refractivity contribution in [3.8, 4) is 5.75 Å². The second-order valence-electron chi connectivity index (χ2n) is 7.76. The zero-order valence-corrected chi connectivity index (χ0v) is 19.0. The summed E-state index contributed by atoms with van der Waals surface area (Å²) in [6, 6.07) is 8.41. The topological polar surface area (TPSA) is 122 Å². The average Bonchev–Trinajstić information content (AvgIpc) is 3.24. The van der Waals surface area contributed by atoms with Gasteiger partial charge >= 0.3 is 24.3 Å². The summed E-state index contributed by atoms with van der Waals surface area (Å²) >= 11 is 0. The van der Waals surface area contributed by atoms with E-state index < -0.39 is 24.3 Å². The molecule has 15 heteroatoms. The normalized spacial score (nSPS) is 21.4. The molecule has 37 heavy (non-hydrogen) atoms. The molecule has 2 N–H and O–H groups in total. The molecule has 3 heterocycles. The van der Waals surface area contributed by atoms with Crippen LogP contribution in [0.25, 0.3) is 0 Å². The number of aromatic nitrogens is 2. The van der Waals surface area contributed by atoms with Gasteiger partial charge in [0, 0.05) is 37.7 Å². The number of carboxylic acid groups (broad SMARTS) is 2. The van der Waals surface area contributed by atoms with Crippen molar-refractivity contribution in [2.45, 2.75) is 50.0 Å². The monoisotopic (exact) mass is 539 g/mol. The van der Waals surface area contributed by atoms with Crippen molar-refractivity contribution >= 4 is 11.9 Å². The minimum atomic E-state index is -5.08. The first-order valence-electron chi connectivity index (χ1n) is 10.7. The van der Waals surface area contributed by atoms with Crippen molar-refractivity contribution in [3.63, 3.8) is 0 Å². The number of morpholine rings is 1. The lowest BCUT2D eigenvalue weighted by molar-refractivity contribution is -0.193. The maximum absolute atomic E-state index is 10.6. The lowest BCUT2D eigenvalue weighted by Gasteiger charge is -2.39. The first kappa shape index (κ1) is 29.8. The first-order valence-corrected chi connectivity index (χ1v) is 10.7. The highest BCUT2D eigenvalue weighted by Gasteiger charge is 2.44. The minimum absolute atomic E-state index is 0.112. The largest absolute Gasteiger partial charge is 0.490 e. The van der Waals surface area contributed by atoms with E-state index in [4.69, 9.17) is 29.3 Å². The van der Waals surface area contributed by atoms with Gasteiger partial charge in [0.2, 0.25) is 0 Å². The Morgan fingerprint density at radius 2 is 1.54 bits per heavy atom. The van der Waals surface area contributed by atoms with E-state index in [1.807, 2.05) is 30.6 Å². The predicted molar refractivity (Wildman–Crippen MR) is 113 cm³/mol.